The quantitative estimate of drug-likeness (QED) is 0.774. The second kappa shape index (κ2) is 4.99. The van der Waals surface area contributed by atoms with Crippen LogP contribution in [0.3, 0.4) is 0 Å². The van der Waals surface area contributed by atoms with Crippen LogP contribution < -0.4 is 5.73 Å². The monoisotopic (exact) mass is 211 g/mol. The van der Waals surface area contributed by atoms with Gasteiger partial charge in [-0.3, -0.25) is 0 Å². The third-order valence-electron chi connectivity index (χ3n) is 3.42. The summed E-state index contributed by atoms with van der Waals surface area (Å²) in [5.74, 6) is 1.44. The van der Waals surface area contributed by atoms with E-state index in [1.54, 1.807) is 0 Å². The maximum atomic E-state index is 6.25. The van der Waals surface area contributed by atoms with E-state index < -0.39 is 0 Å². The van der Waals surface area contributed by atoms with Crippen LogP contribution in [0.4, 0.5) is 0 Å². The van der Waals surface area contributed by atoms with E-state index in [4.69, 9.17) is 15.2 Å². The van der Waals surface area contributed by atoms with Crippen molar-refractivity contribution < 1.29 is 9.47 Å². The summed E-state index contributed by atoms with van der Waals surface area (Å²) in [5, 5.41) is 0. The van der Waals surface area contributed by atoms with Gasteiger partial charge in [0.2, 0.25) is 0 Å². The van der Waals surface area contributed by atoms with E-state index in [1.807, 2.05) is 0 Å². The number of allylic oxidation sites excluding steroid dienone is 1. The van der Waals surface area contributed by atoms with E-state index in [-0.39, 0.29) is 6.04 Å². The Balaban J connectivity index is 1.99. The lowest BCUT2D eigenvalue weighted by Crippen LogP contribution is -2.38. The molecule has 2 rings (SSSR count). The van der Waals surface area contributed by atoms with Gasteiger partial charge >= 0.3 is 0 Å². The fourth-order valence-corrected chi connectivity index (χ4v) is 2.52. The second-order valence-electron chi connectivity index (χ2n) is 4.39. The molecule has 2 aliphatic heterocycles. The van der Waals surface area contributed by atoms with Crippen LogP contribution in [-0.4, -0.2) is 25.4 Å². The van der Waals surface area contributed by atoms with Gasteiger partial charge in [0.25, 0.3) is 0 Å². The molecule has 3 heteroatoms. The molecule has 3 atom stereocenters. The Morgan fingerprint density at radius 2 is 2.40 bits per heavy atom. The molecule has 0 saturated carbocycles. The first kappa shape index (κ1) is 11.0. The number of hydrogen-bond donors (Lipinski definition) is 1. The van der Waals surface area contributed by atoms with E-state index in [2.05, 4.69) is 13.0 Å². The molecule has 15 heavy (non-hydrogen) atoms. The maximum Gasteiger partial charge on any atom is 0.109 e. The number of rotatable bonds is 3. The second-order valence-corrected chi connectivity index (χ2v) is 4.39. The van der Waals surface area contributed by atoms with Crippen molar-refractivity contribution in [3.8, 4) is 0 Å². The summed E-state index contributed by atoms with van der Waals surface area (Å²) in [4.78, 5) is 0. The van der Waals surface area contributed by atoms with E-state index in [9.17, 15) is 0 Å². The molecular formula is C12H21NO2. The molecular weight excluding hydrogens is 190 g/mol. The van der Waals surface area contributed by atoms with Crippen molar-refractivity contribution in [3.05, 3.63) is 11.8 Å². The van der Waals surface area contributed by atoms with Gasteiger partial charge in [0.05, 0.1) is 18.8 Å². The lowest BCUT2D eigenvalue weighted by Gasteiger charge is -2.27. The van der Waals surface area contributed by atoms with E-state index in [1.165, 1.54) is 0 Å². The minimum absolute atomic E-state index is 0.0396. The van der Waals surface area contributed by atoms with Crippen molar-refractivity contribution in [3.63, 3.8) is 0 Å². The average Bonchev–Trinajstić information content (AvgIpc) is 2.77. The number of nitrogens with two attached hydrogens (primary N) is 1. The van der Waals surface area contributed by atoms with Gasteiger partial charge in [-0.1, -0.05) is 6.92 Å². The minimum Gasteiger partial charge on any atom is -0.497 e. The highest BCUT2D eigenvalue weighted by atomic mass is 16.5. The number of ether oxygens (including phenoxy) is 2. The Morgan fingerprint density at radius 3 is 3.07 bits per heavy atom. The Hall–Kier alpha value is -0.540. The Kier molecular flexibility index (Phi) is 3.65. The van der Waals surface area contributed by atoms with Crippen LogP contribution in [0.15, 0.2) is 11.8 Å². The van der Waals surface area contributed by atoms with Crippen LogP contribution in [0.25, 0.3) is 0 Å². The standard InChI is InChI=1S/C12H21NO2/c1-2-10-9(6-8-15-10)12(13)11-5-3-4-7-14-11/h5,9-10,12H,2-4,6-8,13H2,1H3. The van der Waals surface area contributed by atoms with Crippen molar-refractivity contribution in [2.24, 2.45) is 11.7 Å². The maximum absolute atomic E-state index is 6.25. The van der Waals surface area contributed by atoms with E-state index in [0.717, 1.165) is 44.7 Å². The Labute approximate surface area is 91.6 Å². The van der Waals surface area contributed by atoms with Gasteiger partial charge in [-0.15, -0.1) is 0 Å². The van der Waals surface area contributed by atoms with E-state index in [0.29, 0.717) is 12.0 Å². The summed E-state index contributed by atoms with van der Waals surface area (Å²) in [6.07, 6.45) is 6.82. The predicted octanol–water partition coefficient (Wildman–Crippen LogP) is 1.82. The highest BCUT2D eigenvalue weighted by molar-refractivity contribution is 5.08. The Bertz CT molecular complexity index is 240. The third kappa shape index (κ3) is 2.34. The van der Waals surface area contributed by atoms with Crippen LogP contribution in [0, 0.1) is 5.92 Å². The molecule has 3 nitrogen and oxygen atoms in total. The summed E-state index contributed by atoms with van der Waals surface area (Å²) in [6, 6.07) is 0.0396. The normalized spacial score (nSPS) is 33.3. The minimum atomic E-state index is 0.0396. The molecule has 0 radical (unpaired) electrons. The molecule has 3 unspecified atom stereocenters. The molecule has 1 fully saturated rings. The largest absolute Gasteiger partial charge is 0.497 e. The average molecular weight is 211 g/mol. The smallest absolute Gasteiger partial charge is 0.109 e. The van der Waals surface area contributed by atoms with Crippen molar-refractivity contribution in [1.82, 2.24) is 0 Å². The molecule has 0 bridgehead atoms. The van der Waals surface area contributed by atoms with Crippen LogP contribution in [0.1, 0.15) is 32.6 Å². The Morgan fingerprint density at radius 1 is 1.53 bits per heavy atom. The first-order valence-electron chi connectivity index (χ1n) is 6.03. The van der Waals surface area contributed by atoms with Gasteiger partial charge in [0, 0.05) is 12.5 Å². The highest BCUT2D eigenvalue weighted by Gasteiger charge is 2.34. The zero-order valence-corrected chi connectivity index (χ0v) is 9.45. The fourth-order valence-electron chi connectivity index (χ4n) is 2.52. The molecule has 0 aromatic heterocycles. The highest BCUT2D eigenvalue weighted by Crippen LogP contribution is 2.30. The SMILES string of the molecule is CCC1OCCC1C(N)C1=CCCCO1. The first-order chi connectivity index (χ1) is 7.33. The molecule has 2 N–H and O–H groups in total. The zero-order chi connectivity index (χ0) is 10.7. The van der Waals surface area contributed by atoms with Gasteiger partial charge in [0.1, 0.15) is 5.76 Å². The van der Waals surface area contributed by atoms with Gasteiger partial charge in [-0.25, -0.2) is 0 Å². The van der Waals surface area contributed by atoms with Crippen LogP contribution in [0.5, 0.6) is 0 Å². The van der Waals surface area contributed by atoms with Gasteiger partial charge < -0.3 is 15.2 Å². The molecule has 0 aliphatic carbocycles. The molecule has 2 heterocycles. The van der Waals surface area contributed by atoms with Crippen molar-refractivity contribution in [2.75, 3.05) is 13.2 Å². The summed E-state index contributed by atoms with van der Waals surface area (Å²) in [7, 11) is 0. The number of hydrogen-bond acceptors (Lipinski definition) is 3. The van der Waals surface area contributed by atoms with Crippen LogP contribution in [0.2, 0.25) is 0 Å². The van der Waals surface area contributed by atoms with Crippen molar-refractivity contribution >= 4 is 0 Å². The van der Waals surface area contributed by atoms with Gasteiger partial charge in [-0.05, 0) is 31.8 Å². The molecule has 0 aromatic rings. The molecule has 86 valence electrons. The third-order valence-corrected chi connectivity index (χ3v) is 3.42. The van der Waals surface area contributed by atoms with E-state index >= 15 is 0 Å². The van der Waals surface area contributed by atoms with Crippen molar-refractivity contribution in [2.45, 2.75) is 44.8 Å². The topological polar surface area (TPSA) is 44.5 Å². The fraction of sp³-hybridized carbons (Fsp3) is 0.833. The zero-order valence-electron chi connectivity index (χ0n) is 9.45. The van der Waals surface area contributed by atoms with Crippen LogP contribution in [-0.2, 0) is 9.47 Å². The molecule has 1 saturated heterocycles. The molecule has 0 spiro atoms. The molecule has 0 amide bonds. The first-order valence-corrected chi connectivity index (χ1v) is 6.03. The lowest BCUT2D eigenvalue weighted by molar-refractivity contribution is 0.0743. The van der Waals surface area contributed by atoms with Gasteiger partial charge in [-0.2, -0.15) is 0 Å². The lowest BCUT2D eigenvalue weighted by atomic mass is 9.90. The summed E-state index contributed by atoms with van der Waals surface area (Å²) < 4.78 is 11.3. The van der Waals surface area contributed by atoms with Gasteiger partial charge in [0.15, 0.2) is 0 Å². The summed E-state index contributed by atoms with van der Waals surface area (Å²) in [5.41, 5.74) is 6.25. The molecule has 0 aromatic carbocycles. The molecule has 2 aliphatic rings. The van der Waals surface area contributed by atoms with Crippen LogP contribution >= 0.6 is 0 Å². The predicted molar refractivity (Wildman–Crippen MR) is 59.4 cm³/mol. The van der Waals surface area contributed by atoms with Crippen molar-refractivity contribution in [1.29, 1.82) is 0 Å². The summed E-state index contributed by atoms with van der Waals surface area (Å²) >= 11 is 0. The summed E-state index contributed by atoms with van der Waals surface area (Å²) in [6.45, 7) is 3.83.